The highest BCUT2D eigenvalue weighted by atomic mass is 16.5. The molecule has 0 saturated carbocycles. The minimum Gasteiger partial charge on any atom is -0.478 e. The first-order chi connectivity index (χ1) is 8.11. The van der Waals surface area contributed by atoms with Crippen molar-refractivity contribution in [2.24, 2.45) is 5.92 Å². The number of carboxylic acid groups (broad SMARTS) is 1. The lowest BCUT2D eigenvalue weighted by Gasteiger charge is -2.22. The number of rotatable bonds is 2. The van der Waals surface area contributed by atoms with E-state index in [1.165, 1.54) is 7.11 Å². The molecule has 1 aromatic rings. The third-order valence-corrected chi connectivity index (χ3v) is 3.22. The summed E-state index contributed by atoms with van der Waals surface area (Å²) in [5.41, 5.74) is 2.39. The first kappa shape index (κ1) is 11.6. The topological polar surface area (TPSA) is 63.6 Å². The summed E-state index contributed by atoms with van der Waals surface area (Å²) in [7, 11) is 1.39. The Labute approximate surface area is 99.2 Å². The number of aryl methyl sites for hydroxylation is 1. The standard InChI is InChI=1S/C13H14O4/c1-17-13(16)11-5-3-8-6-10(12(14)15)4-2-9(8)7-11/h2,4,6,11H,3,5,7H2,1H3,(H,14,15). The number of methoxy groups -OCH3 is 1. The van der Waals surface area contributed by atoms with Crippen LogP contribution in [0.1, 0.15) is 27.9 Å². The van der Waals surface area contributed by atoms with Crippen LogP contribution in [-0.2, 0) is 22.4 Å². The summed E-state index contributed by atoms with van der Waals surface area (Å²) >= 11 is 0. The van der Waals surface area contributed by atoms with Crippen LogP contribution in [0.25, 0.3) is 0 Å². The zero-order chi connectivity index (χ0) is 12.4. The number of benzene rings is 1. The van der Waals surface area contributed by atoms with Crippen LogP contribution in [0.2, 0.25) is 0 Å². The second kappa shape index (κ2) is 4.57. The molecule has 2 rings (SSSR count). The van der Waals surface area contributed by atoms with Crippen molar-refractivity contribution in [2.75, 3.05) is 7.11 Å². The summed E-state index contributed by atoms with van der Waals surface area (Å²) in [5, 5.41) is 8.89. The molecule has 0 aliphatic heterocycles. The molecule has 0 saturated heterocycles. The average molecular weight is 234 g/mol. The molecule has 90 valence electrons. The summed E-state index contributed by atoms with van der Waals surface area (Å²) < 4.78 is 4.73. The zero-order valence-electron chi connectivity index (χ0n) is 9.60. The average Bonchev–Trinajstić information content (AvgIpc) is 2.36. The van der Waals surface area contributed by atoms with Crippen LogP contribution < -0.4 is 0 Å². The molecule has 0 fully saturated rings. The van der Waals surface area contributed by atoms with Gasteiger partial charge < -0.3 is 9.84 Å². The number of hydrogen-bond donors (Lipinski definition) is 1. The van der Waals surface area contributed by atoms with Gasteiger partial charge in [-0.3, -0.25) is 4.79 Å². The third kappa shape index (κ3) is 2.30. The molecule has 0 heterocycles. The van der Waals surface area contributed by atoms with E-state index in [-0.39, 0.29) is 11.9 Å². The van der Waals surface area contributed by atoms with Gasteiger partial charge in [-0.25, -0.2) is 4.79 Å². The number of fused-ring (bicyclic) bond motifs is 1. The fourth-order valence-electron chi connectivity index (χ4n) is 2.26. The monoisotopic (exact) mass is 234 g/mol. The van der Waals surface area contributed by atoms with Gasteiger partial charge in [-0.15, -0.1) is 0 Å². The maximum Gasteiger partial charge on any atom is 0.335 e. The second-order valence-electron chi connectivity index (χ2n) is 4.25. The van der Waals surface area contributed by atoms with Gasteiger partial charge >= 0.3 is 11.9 Å². The van der Waals surface area contributed by atoms with Gasteiger partial charge in [0.25, 0.3) is 0 Å². The van der Waals surface area contributed by atoms with Crippen molar-refractivity contribution in [3.05, 3.63) is 34.9 Å². The minimum absolute atomic E-state index is 0.0943. The van der Waals surface area contributed by atoms with Crippen LogP contribution in [0.4, 0.5) is 0 Å². The first-order valence-corrected chi connectivity index (χ1v) is 5.54. The van der Waals surface area contributed by atoms with Gasteiger partial charge in [-0.2, -0.15) is 0 Å². The Hall–Kier alpha value is -1.84. The number of esters is 1. The van der Waals surface area contributed by atoms with Crippen LogP contribution >= 0.6 is 0 Å². The number of aromatic carboxylic acids is 1. The fourth-order valence-corrected chi connectivity index (χ4v) is 2.26. The van der Waals surface area contributed by atoms with Crippen molar-refractivity contribution >= 4 is 11.9 Å². The Balaban J connectivity index is 2.23. The van der Waals surface area contributed by atoms with E-state index in [4.69, 9.17) is 9.84 Å². The number of hydrogen-bond acceptors (Lipinski definition) is 3. The lowest BCUT2D eigenvalue weighted by molar-refractivity contribution is -0.145. The van der Waals surface area contributed by atoms with Crippen molar-refractivity contribution in [3.63, 3.8) is 0 Å². The maximum atomic E-state index is 11.4. The quantitative estimate of drug-likeness (QED) is 0.790. The Bertz CT molecular complexity index is 464. The SMILES string of the molecule is COC(=O)C1CCc2cc(C(=O)O)ccc2C1. The number of ether oxygens (including phenoxy) is 1. The molecule has 1 unspecified atom stereocenters. The number of carboxylic acids is 1. The number of carbonyl (C=O) groups excluding carboxylic acids is 1. The normalized spacial score (nSPS) is 18.3. The molecule has 17 heavy (non-hydrogen) atoms. The van der Waals surface area contributed by atoms with E-state index in [1.807, 2.05) is 0 Å². The molecule has 0 spiro atoms. The second-order valence-corrected chi connectivity index (χ2v) is 4.25. The molecular weight excluding hydrogens is 220 g/mol. The molecule has 0 bridgehead atoms. The van der Waals surface area contributed by atoms with Crippen molar-refractivity contribution in [1.82, 2.24) is 0 Å². The summed E-state index contributed by atoms with van der Waals surface area (Å²) in [5.74, 6) is -1.19. The third-order valence-electron chi connectivity index (χ3n) is 3.22. The van der Waals surface area contributed by atoms with E-state index in [9.17, 15) is 9.59 Å². The zero-order valence-corrected chi connectivity index (χ0v) is 9.60. The largest absolute Gasteiger partial charge is 0.478 e. The van der Waals surface area contributed by atoms with E-state index >= 15 is 0 Å². The predicted molar refractivity (Wildman–Crippen MR) is 60.9 cm³/mol. The van der Waals surface area contributed by atoms with Gasteiger partial charge in [-0.05, 0) is 42.5 Å². The molecule has 1 atom stereocenters. The summed E-state index contributed by atoms with van der Waals surface area (Å²) in [6, 6.07) is 5.08. The van der Waals surface area contributed by atoms with Gasteiger partial charge in [0.1, 0.15) is 0 Å². The van der Waals surface area contributed by atoms with Crippen molar-refractivity contribution in [3.8, 4) is 0 Å². The van der Waals surface area contributed by atoms with Gasteiger partial charge in [0.15, 0.2) is 0 Å². The molecule has 4 heteroatoms. The van der Waals surface area contributed by atoms with Crippen molar-refractivity contribution in [1.29, 1.82) is 0 Å². The summed E-state index contributed by atoms with van der Waals surface area (Å²) in [4.78, 5) is 22.3. The molecule has 1 aliphatic carbocycles. The Morgan fingerprint density at radius 2 is 2.12 bits per heavy atom. The maximum absolute atomic E-state index is 11.4. The van der Waals surface area contributed by atoms with Gasteiger partial charge in [-0.1, -0.05) is 6.07 Å². The molecule has 0 amide bonds. The fraction of sp³-hybridized carbons (Fsp3) is 0.385. The van der Waals surface area contributed by atoms with Gasteiger partial charge in [0, 0.05) is 0 Å². The molecular formula is C13H14O4. The predicted octanol–water partition coefficient (Wildman–Crippen LogP) is 1.66. The van der Waals surface area contributed by atoms with Crippen LogP contribution in [0.5, 0.6) is 0 Å². The molecule has 4 nitrogen and oxygen atoms in total. The van der Waals surface area contributed by atoms with Crippen molar-refractivity contribution < 1.29 is 19.4 Å². The molecule has 0 radical (unpaired) electrons. The van der Waals surface area contributed by atoms with Gasteiger partial charge in [0.05, 0.1) is 18.6 Å². The van der Waals surface area contributed by atoms with Gasteiger partial charge in [0.2, 0.25) is 0 Å². The van der Waals surface area contributed by atoms with E-state index < -0.39 is 5.97 Å². The smallest absolute Gasteiger partial charge is 0.335 e. The Morgan fingerprint density at radius 3 is 2.76 bits per heavy atom. The van der Waals surface area contributed by atoms with Crippen molar-refractivity contribution in [2.45, 2.75) is 19.3 Å². The first-order valence-electron chi connectivity index (χ1n) is 5.54. The summed E-state index contributed by atoms with van der Waals surface area (Å²) in [6.07, 6.45) is 2.10. The summed E-state index contributed by atoms with van der Waals surface area (Å²) in [6.45, 7) is 0. The molecule has 1 N–H and O–H groups in total. The van der Waals surface area contributed by atoms with E-state index in [0.29, 0.717) is 12.0 Å². The van der Waals surface area contributed by atoms with Crippen LogP contribution in [0, 0.1) is 5.92 Å². The lowest BCUT2D eigenvalue weighted by atomic mass is 9.83. The van der Waals surface area contributed by atoms with Crippen LogP contribution in [0.15, 0.2) is 18.2 Å². The minimum atomic E-state index is -0.914. The van der Waals surface area contributed by atoms with Crippen LogP contribution in [0.3, 0.4) is 0 Å². The Kier molecular flexibility index (Phi) is 3.13. The number of carbonyl (C=O) groups is 2. The highest BCUT2D eigenvalue weighted by molar-refractivity contribution is 5.88. The van der Waals surface area contributed by atoms with Crippen LogP contribution in [-0.4, -0.2) is 24.2 Å². The highest BCUT2D eigenvalue weighted by Crippen LogP contribution is 2.27. The molecule has 1 aromatic carbocycles. The van der Waals surface area contributed by atoms with E-state index in [0.717, 1.165) is 24.0 Å². The van der Waals surface area contributed by atoms with E-state index in [2.05, 4.69) is 0 Å². The molecule has 0 aromatic heterocycles. The molecule has 1 aliphatic rings. The lowest BCUT2D eigenvalue weighted by Crippen LogP contribution is -2.23. The highest BCUT2D eigenvalue weighted by Gasteiger charge is 2.25. The Morgan fingerprint density at radius 1 is 1.35 bits per heavy atom. The van der Waals surface area contributed by atoms with E-state index in [1.54, 1.807) is 18.2 Å².